The van der Waals surface area contributed by atoms with Gasteiger partial charge in [0.2, 0.25) is 5.91 Å². The molecule has 0 saturated heterocycles. The highest BCUT2D eigenvalue weighted by molar-refractivity contribution is 7.99. The lowest BCUT2D eigenvalue weighted by atomic mass is 10.0. The van der Waals surface area contributed by atoms with Crippen molar-refractivity contribution in [3.05, 3.63) is 69.7 Å². The fraction of sp³-hybridized carbons (Fsp3) is 0.316. The van der Waals surface area contributed by atoms with Crippen LogP contribution in [0.1, 0.15) is 35.2 Å². The Morgan fingerprint density at radius 1 is 1.17 bits per heavy atom. The molecule has 0 radical (unpaired) electrons. The number of nitrogens with one attached hydrogen (secondary N) is 1. The second-order valence-electron chi connectivity index (χ2n) is 5.77. The molecule has 0 aromatic heterocycles. The van der Waals surface area contributed by atoms with Gasteiger partial charge in [0.25, 0.3) is 0 Å². The highest BCUT2D eigenvalue weighted by Gasteiger charge is 2.11. The van der Waals surface area contributed by atoms with Gasteiger partial charge >= 0.3 is 0 Å². The third-order valence-electron chi connectivity index (χ3n) is 3.68. The maximum Gasteiger partial charge on any atom is 0.230 e. The molecule has 0 aliphatic heterocycles. The van der Waals surface area contributed by atoms with Crippen molar-refractivity contribution in [3.63, 3.8) is 0 Å². The minimum Gasteiger partial charge on any atom is -0.349 e. The quantitative estimate of drug-likeness (QED) is 0.790. The summed E-state index contributed by atoms with van der Waals surface area (Å²) < 4.78 is 0. The van der Waals surface area contributed by atoms with Crippen LogP contribution in [0.3, 0.4) is 0 Å². The van der Waals surface area contributed by atoms with Gasteiger partial charge in [0.15, 0.2) is 0 Å². The van der Waals surface area contributed by atoms with E-state index < -0.39 is 0 Å². The summed E-state index contributed by atoms with van der Waals surface area (Å²) in [6.45, 7) is 6.19. The van der Waals surface area contributed by atoms with Crippen LogP contribution in [-0.2, 0) is 10.5 Å². The molecule has 1 amide bonds. The zero-order valence-corrected chi connectivity index (χ0v) is 15.3. The van der Waals surface area contributed by atoms with Crippen LogP contribution in [0.2, 0.25) is 5.02 Å². The number of rotatable bonds is 6. The normalized spacial score (nSPS) is 12.0. The second-order valence-corrected chi connectivity index (χ2v) is 7.19. The van der Waals surface area contributed by atoms with Crippen molar-refractivity contribution in [1.82, 2.24) is 5.32 Å². The molecule has 0 aliphatic rings. The van der Waals surface area contributed by atoms with Gasteiger partial charge in [0, 0.05) is 10.8 Å². The predicted molar refractivity (Wildman–Crippen MR) is 100 cm³/mol. The molecule has 122 valence electrons. The molecule has 4 heteroatoms. The number of carbonyl (C=O) groups excluding carboxylic acids is 1. The fourth-order valence-electron chi connectivity index (χ4n) is 2.51. The summed E-state index contributed by atoms with van der Waals surface area (Å²) in [5.74, 6) is 1.33. The molecule has 1 unspecified atom stereocenters. The second kappa shape index (κ2) is 8.42. The summed E-state index contributed by atoms with van der Waals surface area (Å²) in [6, 6.07) is 14.1. The minimum absolute atomic E-state index is 0.0271. The summed E-state index contributed by atoms with van der Waals surface area (Å²) in [4.78, 5) is 12.1. The molecule has 2 rings (SSSR count). The van der Waals surface area contributed by atoms with Crippen molar-refractivity contribution in [3.8, 4) is 0 Å². The molecular weight excluding hydrogens is 326 g/mol. The standard InChI is InChI=1S/C19H22ClNOS/c1-13-4-9-18(14(2)10-13)15(3)21-19(22)12-23-11-16-5-7-17(20)8-6-16/h4-10,15H,11-12H2,1-3H3,(H,21,22). The number of carbonyl (C=O) groups is 1. The Hall–Kier alpha value is -1.45. The fourth-order valence-corrected chi connectivity index (χ4v) is 3.44. The Balaban J connectivity index is 1.81. The zero-order chi connectivity index (χ0) is 16.8. The SMILES string of the molecule is Cc1ccc(C(C)NC(=O)CSCc2ccc(Cl)cc2)c(C)c1. The van der Waals surface area contributed by atoms with Crippen molar-refractivity contribution in [1.29, 1.82) is 0 Å². The van der Waals surface area contributed by atoms with Gasteiger partial charge in [-0.05, 0) is 49.6 Å². The van der Waals surface area contributed by atoms with Gasteiger partial charge in [-0.15, -0.1) is 11.8 Å². The van der Waals surface area contributed by atoms with Crippen molar-refractivity contribution < 1.29 is 4.79 Å². The van der Waals surface area contributed by atoms with Crippen LogP contribution >= 0.6 is 23.4 Å². The summed E-state index contributed by atoms with van der Waals surface area (Å²) in [5, 5.41) is 3.81. The summed E-state index contributed by atoms with van der Waals surface area (Å²) in [5.41, 5.74) is 4.80. The molecule has 1 N–H and O–H groups in total. The topological polar surface area (TPSA) is 29.1 Å². The zero-order valence-electron chi connectivity index (χ0n) is 13.7. The maximum atomic E-state index is 12.1. The van der Waals surface area contributed by atoms with E-state index in [2.05, 4.69) is 37.4 Å². The number of hydrogen-bond acceptors (Lipinski definition) is 2. The van der Waals surface area contributed by atoms with Crippen molar-refractivity contribution in [2.24, 2.45) is 0 Å². The van der Waals surface area contributed by atoms with Gasteiger partial charge in [-0.25, -0.2) is 0 Å². The Labute approximate surface area is 147 Å². The first-order valence-electron chi connectivity index (χ1n) is 7.64. The molecule has 0 bridgehead atoms. The summed E-state index contributed by atoms with van der Waals surface area (Å²) in [7, 11) is 0. The highest BCUT2D eigenvalue weighted by Crippen LogP contribution is 2.19. The van der Waals surface area contributed by atoms with E-state index in [1.54, 1.807) is 11.8 Å². The van der Waals surface area contributed by atoms with Crippen LogP contribution in [0.15, 0.2) is 42.5 Å². The lowest BCUT2D eigenvalue weighted by Crippen LogP contribution is -2.28. The monoisotopic (exact) mass is 347 g/mol. The smallest absolute Gasteiger partial charge is 0.230 e. The molecule has 0 saturated carbocycles. The van der Waals surface area contributed by atoms with Crippen molar-refractivity contribution in [2.45, 2.75) is 32.6 Å². The number of halogens is 1. The Bertz CT molecular complexity index is 670. The van der Waals surface area contributed by atoms with Crippen LogP contribution in [0.5, 0.6) is 0 Å². The number of benzene rings is 2. The van der Waals surface area contributed by atoms with Gasteiger partial charge in [-0.3, -0.25) is 4.79 Å². The minimum atomic E-state index is 0.0271. The first kappa shape index (κ1) is 17.9. The van der Waals surface area contributed by atoms with Gasteiger partial charge in [-0.2, -0.15) is 0 Å². The van der Waals surface area contributed by atoms with E-state index in [9.17, 15) is 4.79 Å². The number of hydrogen-bond donors (Lipinski definition) is 1. The molecule has 23 heavy (non-hydrogen) atoms. The van der Waals surface area contributed by atoms with Crippen molar-refractivity contribution in [2.75, 3.05) is 5.75 Å². The van der Waals surface area contributed by atoms with E-state index >= 15 is 0 Å². The van der Waals surface area contributed by atoms with E-state index in [0.29, 0.717) is 5.75 Å². The van der Waals surface area contributed by atoms with Gasteiger partial charge in [-0.1, -0.05) is 47.5 Å². The first-order chi connectivity index (χ1) is 11.0. The summed E-state index contributed by atoms with van der Waals surface area (Å²) >= 11 is 7.47. The van der Waals surface area contributed by atoms with Gasteiger partial charge in [0.05, 0.1) is 11.8 Å². The molecule has 2 nitrogen and oxygen atoms in total. The molecule has 2 aromatic rings. The van der Waals surface area contributed by atoms with Crippen LogP contribution in [0, 0.1) is 13.8 Å². The molecular formula is C19H22ClNOS. The Kier molecular flexibility index (Phi) is 6.55. The Morgan fingerprint density at radius 3 is 2.52 bits per heavy atom. The third-order valence-corrected chi connectivity index (χ3v) is 4.94. The van der Waals surface area contributed by atoms with Crippen molar-refractivity contribution >= 4 is 29.3 Å². The number of amides is 1. The van der Waals surface area contributed by atoms with Crippen LogP contribution in [-0.4, -0.2) is 11.7 Å². The van der Waals surface area contributed by atoms with Crippen LogP contribution < -0.4 is 5.32 Å². The number of aryl methyl sites for hydroxylation is 2. The van der Waals surface area contributed by atoms with Crippen LogP contribution in [0.25, 0.3) is 0 Å². The third kappa shape index (κ3) is 5.60. The molecule has 0 heterocycles. The van der Waals surface area contributed by atoms with E-state index in [-0.39, 0.29) is 11.9 Å². The van der Waals surface area contributed by atoms with E-state index in [0.717, 1.165) is 10.8 Å². The molecule has 1 atom stereocenters. The molecule has 0 spiro atoms. The first-order valence-corrected chi connectivity index (χ1v) is 9.17. The average molecular weight is 348 g/mol. The molecule has 0 aliphatic carbocycles. The highest BCUT2D eigenvalue weighted by atomic mass is 35.5. The molecule has 0 fully saturated rings. The van der Waals surface area contributed by atoms with E-state index in [4.69, 9.17) is 11.6 Å². The van der Waals surface area contributed by atoms with E-state index in [1.807, 2.05) is 31.2 Å². The average Bonchev–Trinajstić information content (AvgIpc) is 2.49. The number of thioether (sulfide) groups is 1. The van der Waals surface area contributed by atoms with Crippen LogP contribution in [0.4, 0.5) is 0 Å². The van der Waals surface area contributed by atoms with Gasteiger partial charge in [0.1, 0.15) is 0 Å². The van der Waals surface area contributed by atoms with Gasteiger partial charge < -0.3 is 5.32 Å². The molecule has 2 aromatic carbocycles. The summed E-state index contributed by atoms with van der Waals surface area (Å²) in [6.07, 6.45) is 0. The predicted octanol–water partition coefficient (Wildman–Crippen LogP) is 5.07. The lowest BCUT2D eigenvalue weighted by molar-refractivity contribution is -0.119. The Morgan fingerprint density at radius 2 is 1.87 bits per heavy atom. The maximum absolute atomic E-state index is 12.1. The lowest BCUT2D eigenvalue weighted by Gasteiger charge is -2.17. The largest absolute Gasteiger partial charge is 0.349 e. The van der Waals surface area contributed by atoms with E-state index in [1.165, 1.54) is 22.3 Å².